The molecular formula is C24H32BrN3O4S. The second-order valence-electron chi connectivity index (χ2n) is 8.03. The molecule has 0 aliphatic carbocycles. The zero-order valence-electron chi connectivity index (χ0n) is 19.5. The third-order valence-electron chi connectivity index (χ3n) is 5.30. The van der Waals surface area contributed by atoms with Crippen LogP contribution in [-0.2, 0) is 26.2 Å². The summed E-state index contributed by atoms with van der Waals surface area (Å²) in [5, 5.41) is 2.86. The van der Waals surface area contributed by atoms with Crippen molar-refractivity contribution in [2.75, 3.05) is 23.7 Å². The van der Waals surface area contributed by atoms with Gasteiger partial charge >= 0.3 is 0 Å². The van der Waals surface area contributed by atoms with E-state index < -0.39 is 28.5 Å². The number of hydrogen-bond acceptors (Lipinski definition) is 4. The largest absolute Gasteiger partial charge is 0.354 e. The van der Waals surface area contributed by atoms with Gasteiger partial charge in [-0.3, -0.25) is 13.9 Å². The molecule has 0 spiro atoms. The lowest BCUT2D eigenvalue weighted by molar-refractivity contribution is -0.139. The number of hydrogen-bond donors (Lipinski definition) is 1. The molecule has 9 heteroatoms. The maximum Gasteiger partial charge on any atom is 0.244 e. The van der Waals surface area contributed by atoms with Crippen LogP contribution in [-0.4, -0.2) is 50.5 Å². The van der Waals surface area contributed by atoms with Gasteiger partial charge in [0, 0.05) is 17.6 Å². The van der Waals surface area contributed by atoms with E-state index in [1.165, 1.54) is 4.90 Å². The van der Waals surface area contributed by atoms with Crippen molar-refractivity contribution in [2.24, 2.45) is 0 Å². The van der Waals surface area contributed by atoms with E-state index in [0.717, 1.165) is 39.0 Å². The average molecular weight is 539 g/mol. The monoisotopic (exact) mass is 537 g/mol. The molecule has 0 saturated carbocycles. The molecule has 0 aliphatic rings. The molecule has 2 amide bonds. The summed E-state index contributed by atoms with van der Waals surface area (Å²) in [5.74, 6) is -0.721. The van der Waals surface area contributed by atoms with Gasteiger partial charge in [0.2, 0.25) is 21.8 Å². The Balaban J connectivity index is 2.34. The van der Waals surface area contributed by atoms with E-state index in [9.17, 15) is 18.0 Å². The topological polar surface area (TPSA) is 86.8 Å². The smallest absolute Gasteiger partial charge is 0.244 e. The van der Waals surface area contributed by atoms with Crippen LogP contribution in [0.5, 0.6) is 0 Å². The van der Waals surface area contributed by atoms with Crippen molar-refractivity contribution in [3.05, 3.63) is 64.1 Å². The minimum absolute atomic E-state index is 0.193. The molecule has 0 fully saturated rings. The highest BCUT2D eigenvalue weighted by molar-refractivity contribution is 9.10. The molecule has 33 heavy (non-hydrogen) atoms. The van der Waals surface area contributed by atoms with Crippen LogP contribution < -0.4 is 9.62 Å². The summed E-state index contributed by atoms with van der Waals surface area (Å²) in [4.78, 5) is 27.6. The van der Waals surface area contributed by atoms with Gasteiger partial charge in [-0.15, -0.1) is 0 Å². The van der Waals surface area contributed by atoms with E-state index in [1.54, 1.807) is 25.1 Å². The molecule has 180 valence electrons. The lowest BCUT2D eigenvalue weighted by Gasteiger charge is -2.31. The third kappa shape index (κ3) is 7.85. The van der Waals surface area contributed by atoms with E-state index in [4.69, 9.17) is 0 Å². The highest BCUT2D eigenvalue weighted by Crippen LogP contribution is 2.25. The highest BCUT2D eigenvalue weighted by atomic mass is 79.9. The minimum atomic E-state index is -3.74. The van der Waals surface area contributed by atoms with Crippen molar-refractivity contribution in [1.29, 1.82) is 0 Å². The van der Waals surface area contributed by atoms with Crippen LogP contribution in [0, 0.1) is 6.92 Å². The molecule has 2 rings (SSSR count). The second kappa shape index (κ2) is 12.2. The van der Waals surface area contributed by atoms with Crippen LogP contribution in [0.25, 0.3) is 0 Å². The Morgan fingerprint density at radius 3 is 2.36 bits per heavy atom. The lowest BCUT2D eigenvalue weighted by Crippen LogP contribution is -2.51. The SMILES string of the molecule is CCCCNC(=O)C(C)N(Cc1ccccc1)C(=O)CN(c1ccc(Br)c(C)c1)S(C)(=O)=O. The van der Waals surface area contributed by atoms with E-state index in [0.29, 0.717) is 12.2 Å². The van der Waals surface area contributed by atoms with Crippen molar-refractivity contribution < 1.29 is 18.0 Å². The number of aryl methyl sites for hydroxylation is 1. The maximum atomic E-state index is 13.4. The van der Waals surface area contributed by atoms with E-state index in [-0.39, 0.29) is 12.5 Å². The summed E-state index contributed by atoms with van der Waals surface area (Å²) < 4.78 is 27.1. The van der Waals surface area contributed by atoms with Gasteiger partial charge in [0.15, 0.2) is 0 Å². The van der Waals surface area contributed by atoms with Gasteiger partial charge in [-0.25, -0.2) is 8.42 Å². The van der Waals surface area contributed by atoms with Gasteiger partial charge in [0.25, 0.3) is 0 Å². The molecule has 2 aromatic carbocycles. The molecule has 1 unspecified atom stereocenters. The molecule has 0 bridgehead atoms. The van der Waals surface area contributed by atoms with Crippen LogP contribution in [0.1, 0.15) is 37.8 Å². The first-order chi connectivity index (χ1) is 15.5. The Hall–Kier alpha value is -2.39. The van der Waals surface area contributed by atoms with Crippen LogP contribution >= 0.6 is 15.9 Å². The van der Waals surface area contributed by atoms with Crippen molar-refractivity contribution in [2.45, 2.75) is 46.2 Å². The van der Waals surface area contributed by atoms with Gasteiger partial charge in [-0.05, 0) is 49.6 Å². The molecule has 2 aromatic rings. The predicted molar refractivity (Wildman–Crippen MR) is 135 cm³/mol. The fourth-order valence-electron chi connectivity index (χ4n) is 3.30. The third-order valence-corrected chi connectivity index (χ3v) is 7.33. The number of halogens is 1. The van der Waals surface area contributed by atoms with E-state index >= 15 is 0 Å². The zero-order chi connectivity index (χ0) is 24.6. The first-order valence-corrected chi connectivity index (χ1v) is 13.5. The number of carbonyl (C=O) groups is 2. The van der Waals surface area contributed by atoms with Gasteiger partial charge in [0.1, 0.15) is 12.6 Å². The Labute approximate surface area is 205 Å². The van der Waals surface area contributed by atoms with Gasteiger partial charge in [-0.2, -0.15) is 0 Å². The predicted octanol–water partition coefficient (Wildman–Crippen LogP) is 3.86. The first kappa shape index (κ1) is 26.9. The standard InChI is InChI=1S/C24H32BrN3O4S/c1-5-6-14-26-24(30)19(3)27(16-20-10-8-7-9-11-20)23(29)17-28(33(4,31)32)21-12-13-22(25)18(2)15-21/h7-13,15,19H,5-6,14,16-17H2,1-4H3,(H,26,30). The average Bonchev–Trinajstić information content (AvgIpc) is 2.77. The maximum absolute atomic E-state index is 13.4. The Bertz CT molecular complexity index is 1060. The number of rotatable bonds is 11. The number of carbonyl (C=O) groups excluding carboxylic acids is 2. The molecule has 0 saturated heterocycles. The fraction of sp³-hybridized carbons (Fsp3) is 0.417. The van der Waals surface area contributed by atoms with Crippen LogP contribution in [0.3, 0.4) is 0 Å². The number of nitrogens with zero attached hydrogens (tertiary/aromatic N) is 2. The van der Waals surface area contributed by atoms with Crippen LogP contribution in [0.2, 0.25) is 0 Å². The summed E-state index contributed by atoms with van der Waals surface area (Å²) in [6.07, 6.45) is 2.85. The van der Waals surface area contributed by atoms with Gasteiger partial charge in [-0.1, -0.05) is 59.6 Å². The molecule has 7 nitrogen and oxygen atoms in total. The Morgan fingerprint density at radius 2 is 1.79 bits per heavy atom. The van der Waals surface area contributed by atoms with Crippen molar-refractivity contribution >= 4 is 43.5 Å². The van der Waals surface area contributed by atoms with Crippen LogP contribution in [0.4, 0.5) is 5.69 Å². The molecule has 1 N–H and O–H groups in total. The zero-order valence-corrected chi connectivity index (χ0v) is 21.9. The molecule has 0 heterocycles. The number of benzene rings is 2. The van der Waals surface area contributed by atoms with Gasteiger partial charge < -0.3 is 10.2 Å². The molecular weight excluding hydrogens is 506 g/mol. The molecule has 0 aromatic heterocycles. The van der Waals surface area contributed by atoms with Crippen molar-refractivity contribution in [3.63, 3.8) is 0 Å². The normalized spacial score (nSPS) is 12.2. The van der Waals surface area contributed by atoms with Gasteiger partial charge in [0.05, 0.1) is 11.9 Å². The van der Waals surface area contributed by atoms with Crippen LogP contribution in [0.15, 0.2) is 53.0 Å². The fourth-order valence-corrected chi connectivity index (χ4v) is 4.38. The number of nitrogens with one attached hydrogen (secondary N) is 1. The minimum Gasteiger partial charge on any atom is -0.354 e. The summed E-state index contributed by atoms with van der Waals surface area (Å²) in [6, 6.07) is 13.7. The summed E-state index contributed by atoms with van der Waals surface area (Å²) >= 11 is 3.41. The number of unbranched alkanes of at least 4 members (excludes halogenated alkanes) is 1. The number of anilines is 1. The van der Waals surface area contributed by atoms with E-state index in [1.807, 2.05) is 44.2 Å². The number of amides is 2. The Kier molecular flexibility index (Phi) is 9.91. The summed E-state index contributed by atoms with van der Waals surface area (Å²) in [6.45, 7) is 5.86. The first-order valence-electron chi connectivity index (χ1n) is 10.9. The van der Waals surface area contributed by atoms with Crippen molar-refractivity contribution in [1.82, 2.24) is 10.2 Å². The summed E-state index contributed by atoms with van der Waals surface area (Å²) in [7, 11) is -3.74. The van der Waals surface area contributed by atoms with E-state index in [2.05, 4.69) is 21.2 Å². The second-order valence-corrected chi connectivity index (χ2v) is 10.8. The quantitative estimate of drug-likeness (QED) is 0.441. The molecule has 1 atom stereocenters. The summed E-state index contributed by atoms with van der Waals surface area (Å²) in [5.41, 5.74) is 2.09. The Morgan fingerprint density at radius 1 is 1.12 bits per heavy atom. The lowest BCUT2D eigenvalue weighted by atomic mass is 10.1. The number of sulfonamides is 1. The molecule has 0 aliphatic heterocycles. The highest BCUT2D eigenvalue weighted by Gasteiger charge is 2.30. The molecule has 0 radical (unpaired) electrons. The van der Waals surface area contributed by atoms with Crippen molar-refractivity contribution in [3.8, 4) is 0 Å².